The lowest BCUT2D eigenvalue weighted by atomic mass is 9.89. The molecule has 13 heteroatoms. The van der Waals surface area contributed by atoms with Crippen molar-refractivity contribution in [1.82, 2.24) is 0 Å². The van der Waals surface area contributed by atoms with Crippen LogP contribution in [0, 0.1) is 0 Å². The van der Waals surface area contributed by atoms with E-state index in [2.05, 4.69) is 0 Å². The Morgan fingerprint density at radius 2 is 1.84 bits per heavy atom. The summed E-state index contributed by atoms with van der Waals surface area (Å²) in [5, 5.41) is 79.6. The molecule has 0 spiro atoms. The third-order valence-corrected chi connectivity index (χ3v) is 5.05. The maximum absolute atomic E-state index is 12.2. The van der Waals surface area contributed by atoms with Crippen LogP contribution in [-0.2, 0) is 23.7 Å². The van der Waals surface area contributed by atoms with Crippen LogP contribution < -0.4 is 0 Å². The third kappa shape index (κ3) is 5.57. The van der Waals surface area contributed by atoms with Crippen molar-refractivity contribution in [2.75, 3.05) is 26.4 Å². The Hall–Kier alpha value is -1.81. The molecule has 8 N–H and O–H groups in total. The summed E-state index contributed by atoms with van der Waals surface area (Å²) in [5.74, 6) is -5.57. The van der Waals surface area contributed by atoms with E-state index in [0.29, 0.717) is 0 Å². The molecule has 0 amide bonds. The Morgan fingerprint density at radius 3 is 2.44 bits per heavy atom. The molecule has 13 nitrogen and oxygen atoms in total. The van der Waals surface area contributed by atoms with Crippen molar-refractivity contribution in [2.24, 2.45) is 0 Å². The Kier molecular flexibility index (Phi) is 9.39. The summed E-state index contributed by atoms with van der Waals surface area (Å²) >= 11 is 0. The van der Waals surface area contributed by atoms with Crippen LogP contribution in [0.1, 0.15) is 13.3 Å². The number of allylic oxidation sites excluding steroid dienone is 1. The predicted molar refractivity (Wildman–Crippen MR) is 103 cm³/mol. The van der Waals surface area contributed by atoms with Crippen LogP contribution in [-0.4, -0.2) is 122 Å². The van der Waals surface area contributed by atoms with Gasteiger partial charge in [-0.3, -0.25) is 0 Å². The fraction of sp³-hybridized carbons (Fsp3) is 0.737. The van der Waals surface area contributed by atoms with Gasteiger partial charge in [0.1, 0.15) is 30.5 Å². The lowest BCUT2D eigenvalue weighted by Gasteiger charge is -2.48. The molecule has 0 bridgehead atoms. The molecule has 0 saturated carbocycles. The first kappa shape index (κ1) is 26.4. The SMILES string of the molecule is CC=CCOC[C@H]1OC(CC(O)CO)(OC2=C(O)[C@@H]([C@@H](O)CO)OC2=O)[C@H](O)[C@@H](O)[C@@H]1O. The maximum Gasteiger partial charge on any atom is 0.378 e. The van der Waals surface area contributed by atoms with Gasteiger partial charge in [-0.1, -0.05) is 12.2 Å². The van der Waals surface area contributed by atoms with Crippen LogP contribution in [0.3, 0.4) is 0 Å². The highest BCUT2D eigenvalue weighted by Gasteiger charge is 2.58. The van der Waals surface area contributed by atoms with Crippen molar-refractivity contribution >= 4 is 5.97 Å². The molecule has 184 valence electrons. The standard InChI is InChI=1S/C19H30O13/c1-2-3-4-29-8-11-12(24)13(25)17(27)19(31-11,5-9(22)6-20)32-16-14(26)15(10(23)7-21)30-18(16)28/h2-3,9-13,15,17,20-27H,4-8H2,1H3/t9?,10-,11+,12+,13-,15+,17+,19?/m0/s1. The monoisotopic (exact) mass is 466 g/mol. The number of hydrogen-bond donors (Lipinski definition) is 8. The lowest BCUT2D eigenvalue weighted by Crippen LogP contribution is -2.67. The van der Waals surface area contributed by atoms with Crippen molar-refractivity contribution in [1.29, 1.82) is 0 Å². The summed E-state index contributed by atoms with van der Waals surface area (Å²) < 4.78 is 21.2. The highest BCUT2D eigenvalue weighted by Crippen LogP contribution is 2.39. The fourth-order valence-corrected chi connectivity index (χ4v) is 3.31. The molecule has 2 aliphatic heterocycles. The van der Waals surface area contributed by atoms with Crippen molar-refractivity contribution in [3.8, 4) is 0 Å². The average Bonchev–Trinajstić information content (AvgIpc) is 3.05. The van der Waals surface area contributed by atoms with Gasteiger partial charge in [0, 0.05) is 6.42 Å². The molecule has 0 aromatic heterocycles. The second kappa shape index (κ2) is 11.4. The van der Waals surface area contributed by atoms with Crippen molar-refractivity contribution < 1.29 is 64.6 Å². The van der Waals surface area contributed by atoms with Gasteiger partial charge in [0.2, 0.25) is 11.5 Å². The van der Waals surface area contributed by atoms with Crippen molar-refractivity contribution in [3.63, 3.8) is 0 Å². The number of aliphatic hydroxyl groups excluding tert-OH is 8. The van der Waals surface area contributed by atoms with E-state index >= 15 is 0 Å². The molecule has 0 aliphatic carbocycles. The first-order valence-corrected chi connectivity index (χ1v) is 9.93. The minimum Gasteiger partial charge on any atom is -0.505 e. The smallest absolute Gasteiger partial charge is 0.378 e. The average molecular weight is 466 g/mol. The van der Waals surface area contributed by atoms with Crippen LogP contribution in [0.15, 0.2) is 23.7 Å². The minimum absolute atomic E-state index is 0.133. The number of esters is 1. The van der Waals surface area contributed by atoms with Crippen LogP contribution in [0.5, 0.6) is 0 Å². The summed E-state index contributed by atoms with van der Waals surface area (Å²) in [6.07, 6.45) is -9.21. The number of carbonyl (C=O) groups excluding carboxylic acids is 1. The third-order valence-electron chi connectivity index (χ3n) is 5.05. The van der Waals surface area contributed by atoms with Gasteiger partial charge in [-0.2, -0.15) is 0 Å². The van der Waals surface area contributed by atoms with Gasteiger partial charge in [0.25, 0.3) is 0 Å². The Bertz CT molecular complexity index is 695. The zero-order valence-electron chi connectivity index (χ0n) is 17.4. The molecule has 0 aromatic rings. The zero-order valence-corrected chi connectivity index (χ0v) is 17.4. The number of ether oxygens (including phenoxy) is 4. The summed E-state index contributed by atoms with van der Waals surface area (Å²) in [4.78, 5) is 12.2. The van der Waals surface area contributed by atoms with Gasteiger partial charge >= 0.3 is 5.97 Å². The number of hydrogen-bond acceptors (Lipinski definition) is 13. The van der Waals surface area contributed by atoms with Crippen molar-refractivity contribution in [2.45, 2.75) is 61.9 Å². The molecule has 0 radical (unpaired) electrons. The summed E-state index contributed by atoms with van der Waals surface area (Å²) in [6.45, 7) is -0.0832. The fourth-order valence-electron chi connectivity index (χ4n) is 3.31. The zero-order chi connectivity index (χ0) is 24.1. The van der Waals surface area contributed by atoms with Crippen LogP contribution in [0.2, 0.25) is 0 Å². The topological polar surface area (TPSA) is 216 Å². The largest absolute Gasteiger partial charge is 0.505 e. The van der Waals surface area contributed by atoms with E-state index in [4.69, 9.17) is 24.1 Å². The predicted octanol–water partition coefficient (Wildman–Crippen LogP) is -3.43. The van der Waals surface area contributed by atoms with Crippen LogP contribution in [0.25, 0.3) is 0 Å². The Morgan fingerprint density at radius 1 is 1.16 bits per heavy atom. The normalized spacial score (nSPS) is 35.2. The highest BCUT2D eigenvalue weighted by atomic mass is 16.7. The van der Waals surface area contributed by atoms with E-state index in [1.54, 1.807) is 19.1 Å². The Labute approximate surface area is 183 Å². The van der Waals surface area contributed by atoms with E-state index in [-0.39, 0.29) is 13.2 Å². The quantitative estimate of drug-likeness (QED) is 0.0846. The van der Waals surface area contributed by atoms with Gasteiger partial charge in [-0.25, -0.2) is 4.79 Å². The second-order valence-electron chi connectivity index (χ2n) is 7.43. The molecule has 2 heterocycles. The molecule has 8 atom stereocenters. The molecule has 0 aromatic carbocycles. The number of cyclic esters (lactones) is 1. The molecule has 1 fully saturated rings. The Balaban J connectivity index is 2.39. The summed E-state index contributed by atoms with van der Waals surface area (Å²) in [7, 11) is 0. The molecule has 2 aliphatic rings. The number of aliphatic hydroxyl groups is 8. The van der Waals surface area contributed by atoms with E-state index in [1.807, 2.05) is 0 Å². The number of rotatable bonds is 11. The maximum atomic E-state index is 12.2. The summed E-state index contributed by atoms with van der Waals surface area (Å²) in [6, 6.07) is 0. The van der Waals surface area contributed by atoms with Gasteiger partial charge < -0.3 is 59.8 Å². The van der Waals surface area contributed by atoms with E-state index in [1.165, 1.54) is 0 Å². The van der Waals surface area contributed by atoms with E-state index in [0.717, 1.165) is 0 Å². The molecular weight excluding hydrogens is 436 g/mol. The molecule has 1 saturated heterocycles. The van der Waals surface area contributed by atoms with Gasteiger partial charge in [0.05, 0.1) is 32.5 Å². The molecule has 32 heavy (non-hydrogen) atoms. The van der Waals surface area contributed by atoms with Gasteiger partial charge in [-0.15, -0.1) is 0 Å². The minimum atomic E-state index is -2.45. The first-order chi connectivity index (χ1) is 15.1. The second-order valence-corrected chi connectivity index (χ2v) is 7.43. The van der Waals surface area contributed by atoms with Gasteiger partial charge in [-0.05, 0) is 6.92 Å². The van der Waals surface area contributed by atoms with Crippen LogP contribution in [0.4, 0.5) is 0 Å². The van der Waals surface area contributed by atoms with Crippen molar-refractivity contribution in [3.05, 3.63) is 23.7 Å². The molecular formula is C19H30O13. The van der Waals surface area contributed by atoms with Crippen LogP contribution >= 0.6 is 0 Å². The number of carbonyl (C=O) groups is 1. The molecule has 2 unspecified atom stereocenters. The molecule has 2 rings (SSSR count). The highest BCUT2D eigenvalue weighted by molar-refractivity contribution is 5.89. The lowest BCUT2D eigenvalue weighted by molar-refractivity contribution is -0.361. The summed E-state index contributed by atoms with van der Waals surface area (Å²) in [5.41, 5.74) is 0. The van der Waals surface area contributed by atoms with Gasteiger partial charge in [0.15, 0.2) is 11.9 Å². The first-order valence-electron chi connectivity index (χ1n) is 9.93. The van der Waals surface area contributed by atoms with E-state index in [9.17, 15) is 40.5 Å². The van der Waals surface area contributed by atoms with E-state index < -0.39 is 85.6 Å².